The summed E-state index contributed by atoms with van der Waals surface area (Å²) in [5.74, 6) is 2.15. The molecule has 0 saturated carbocycles. The highest BCUT2D eigenvalue weighted by Crippen LogP contribution is 2.37. The molecule has 0 aliphatic heterocycles. The summed E-state index contributed by atoms with van der Waals surface area (Å²) in [4.78, 5) is 30.6. The Morgan fingerprint density at radius 3 is 2.33 bits per heavy atom. The normalized spacial score (nSPS) is 11.3. The summed E-state index contributed by atoms with van der Waals surface area (Å²) in [7, 11) is 3.14. The number of carbonyl (C=O) groups is 1. The van der Waals surface area contributed by atoms with E-state index in [1.165, 1.54) is 6.20 Å². The number of nitrogens with zero attached hydrogens (tertiary/aromatic N) is 5. The fraction of sp³-hybridized carbons (Fsp3) is 0.320. The van der Waals surface area contributed by atoms with Crippen molar-refractivity contribution in [1.29, 1.82) is 0 Å². The van der Waals surface area contributed by atoms with E-state index in [9.17, 15) is 4.79 Å². The first-order valence-corrected chi connectivity index (χ1v) is 11.3. The molecular formula is C25H28N6O5. The minimum atomic E-state index is -0.659. The highest BCUT2D eigenvalue weighted by atomic mass is 16.6. The predicted molar refractivity (Wildman–Crippen MR) is 134 cm³/mol. The third-order valence-corrected chi connectivity index (χ3v) is 4.87. The lowest BCUT2D eigenvalue weighted by atomic mass is 10.2. The van der Waals surface area contributed by atoms with Crippen molar-refractivity contribution < 1.29 is 23.7 Å². The first-order valence-electron chi connectivity index (χ1n) is 11.3. The van der Waals surface area contributed by atoms with Crippen LogP contribution in [0.25, 0.3) is 28.5 Å². The van der Waals surface area contributed by atoms with Gasteiger partial charge in [0.2, 0.25) is 5.88 Å². The zero-order valence-corrected chi connectivity index (χ0v) is 21.0. The Morgan fingerprint density at radius 2 is 1.69 bits per heavy atom. The van der Waals surface area contributed by atoms with Crippen LogP contribution in [-0.2, 0) is 4.74 Å². The van der Waals surface area contributed by atoms with Crippen LogP contribution in [0.2, 0.25) is 0 Å². The van der Waals surface area contributed by atoms with Gasteiger partial charge in [0, 0.05) is 6.07 Å². The van der Waals surface area contributed by atoms with E-state index in [0.717, 1.165) is 0 Å². The minimum Gasteiger partial charge on any atom is -0.494 e. The lowest BCUT2D eigenvalue weighted by Gasteiger charge is -2.19. The zero-order valence-electron chi connectivity index (χ0n) is 21.0. The Hall–Kier alpha value is -4.41. The van der Waals surface area contributed by atoms with E-state index in [4.69, 9.17) is 23.9 Å². The average Bonchev–Trinajstić information content (AvgIpc) is 3.21. The maximum atomic E-state index is 12.3. The third kappa shape index (κ3) is 5.14. The number of rotatable bonds is 7. The Bertz CT molecular complexity index is 1370. The molecule has 1 amide bonds. The summed E-state index contributed by atoms with van der Waals surface area (Å²) < 4.78 is 23.9. The van der Waals surface area contributed by atoms with Gasteiger partial charge in [-0.3, -0.25) is 9.88 Å². The van der Waals surface area contributed by atoms with E-state index in [-0.39, 0.29) is 11.5 Å². The number of anilines is 1. The van der Waals surface area contributed by atoms with Gasteiger partial charge in [-0.2, -0.15) is 0 Å². The monoisotopic (exact) mass is 492 g/mol. The van der Waals surface area contributed by atoms with Gasteiger partial charge in [-0.25, -0.2) is 24.7 Å². The smallest absolute Gasteiger partial charge is 0.413 e. The Labute approximate surface area is 208 Å². The molecule has 0 saturated heterocycles. The first-order chi connectivity index (χ1) is 17.2. The van der Waals surface area contributed by atoms with E-state index in [1.807, 2.05) is 37.3 Å². The molecule has 3 aromatic heterocycles. The van der Waals surface area contributed by atoms with Crippen LogP contribution in [0.4, 0.5) is 10.6 Å². The molecule has 36 heavy (non-hydrogen) atoms. The highest BCUT2D eigenvalue weighted by molar-refractivity contribution is 5.86. The average molecular weight is 493 g/mol. The van der Waals surface area contributed by atoms with E-state index >= 15 is 0 Å². The minimum absolute atomic E-state index is 0.191. The predicted octanol–water partition coefficient (Wildman–Crippen LogP) is 4.64. The van der Waals surface area contributed by atoms with Gasteiger partial charge in [-0.1, -0.05) is 12.1 Å². The molecule has 4 aromatic rings. The standard InChI is InChI=1S/C25H28N6O5/c1-7-35-19-13-8-10-15(27-19)22-30-21-23(26-14-18(28-21)29-24(32)36-25(2,3)4)31(22)20-16(33-5)11-9-12-17(20)34-6/h8-14H,7H2,1-6H3,(H,28,29,32). The van der Waals surface area contributed by atoms with Crippen LogP contribution in [-0.4, -0.2) is 57.0 Å². The fourth-order valence-electron chi connectivity index (χ4n) is 3.53. The van der Waals surface area contributed by atoms with Crippen molar-refractivity contribution in [1.82, 2.24) is 24.5 Å². The second-order valence-corrected chi connectivity index (χ2v) is 8.61. The molecule has 11 nitrogen and oxygen atoms in total. The lowest BCUT2D eigenvalue weighted by Crippen LogP contribution is -2.27. The number of nitrogens with one attached hydrogen (secondary N) is 1. The first kappa shape index (κ1) is 24.7. The van der Waals surface area contributed by atoms with Gasteiger partial charge in [-0.05, 0) is 45.9 Å². The van der Waals surface area contributed by atoms with E-state index in [1.54, 1.807) is 45.6 Å². The van der Waals surface area contributed by atoms with Crippen molar-refractivity contribution >= 4 is 23.2 Å². The van der Waals surface area contributed by atoms with Crippen molar-refractivity contribution in [3.63, 3.8) is 0 Å². The van der Waals surface area contributed by atoms with Crippen LogP contribution in [0.5, 0.6) is 17.4 Å². The second-order valence-electron chi connectivity index (χ2n) is 8.61. The number of fused-ring (bicyclic) bond motifs is 1. The van der Waals surface area contributed by atoms with Crippen LogP contribution in [0.3, 0.4) is 0 Å². The molecule has 3 heterocycles. The van der Waals surface area contributed by atoms with Crippen LogP contribution in [0.15, 0.2) is 42.6 Å². The van der Waals surface area contributed by atoms with Gasteiger partial charge in [0.1, 0.15) is 28.5 Å². The molecular weight excluding hydrogens is 464 g/mol. The molecule has 1 N–H and O–H groups in total. The molecule has 11 heteroatoms. The van der Waals surface area contributed by atoms with E-state index in [0.29, 0.717) is 46.8 Å². The number of benzene rings is 1. The number of imidazole rings is 1. The third-order valence-electron chi connectivity index (χ3n) is 4.87. The summed E-state index contributed by atoms with van der Waals surface area (Å²) >= 11 is 0. The van der Waals surface area contributed by atoms with E-state index in [2.05, 4.69) is 20.3 Å². The van der Waals surface area contributed by atoms with Gasteiger partial charge in [0.05, 0.1) is 27.0 Å². The van der Waals surface area contributed by atoms with Crippen molar-refractivity contribution in [3.05, 3.63) is 42.6 Å². The number of aromatic nitrogens is 5. The van der Waals surface area contributed by atoms with Gasteiger partial charge >= 0.3 is 6.09 Å². The number of pyridine rings is 1. The number of amides is 1. The second kappa shape index (κ2) is 10.1. The number of carbonyl (C=O) groups excluding carboxylic acids is 1. The number of hydrogen-bond acceptors (Lipinski definition) is 9. The summed E-state index contributed by atoms with van der Waals surface area (Å²) in [6.45, 7) is 7.69. The molecule has 4 rings (SSSR count). The number of ether oxygens (including phenoxy) is 4. The molecule has 0 fully saturated rings. The van der Waals surface area contributed by atoms with Gasteiger partial charge in [0.25, 0.3) is 0 Å². The van der Waals surface area contributed by atoms with Crippen LogP contribution in [0.1, 0.15) is 27.7 Å². The van der Waals surface area contributed by atoms with Crippen molar-refractivity contribution in [3.8, 4) is 34.6 Å². The Kier molecular flexibility index (Phi) is 6.91. The number of methoxy groups -OCH3 is 2. The molecule has 0 aliphatic carbocycles. The summed E-state index contributed by atoms with van der Waals surface area (Å²) in [5, 5.41) is 2.60. The largest absolute Gasteiger partial charge is 0.494 e. The van der Waals surface area contributed by atoms with Crippen molar-refractivity contribution in [2.24, 2.45) is 0 Å². The van der Waals surface area contributed by atoms with Gasteiger partial charge in [-0.15, -0.1) is 0 Å². The number of hydrogen-bond donors (Lipinski definition) is 1. The zero-order chi connectivity index (χ0) is 25.9. The lowest BCUT2D eigenvalue weighted by molar-refractivity contribution is 0.0635. The fourth-order valence-corrected chi connectivity index (χ4v) is 3.53. The molecule has 0 aliphatic rings. The molecule has 0 radical (unpaired) electrons. The Morgan fingerprint density at radius 1 is 1.00 bits per heavy atom. The van der Waals surface area contributed by atoms with Crippen LogP contribution >= 0.6 is 0 Å². The topological polar surface area (TPSA) is 123 Å². The van der Waals surface area contributed by atoms with Crippen molar-refractivity contribution in [2.45, 2.75) is 33.3 Å². The SMILES string of the molecule is CCOc1cccc(-c2nc3nc(NC(=O)OC(C)(C)C)cnc3n2-c2c(OC)cccc2OC)n1. The molecule has 188 valence electrons. The van der Waals surface area contributed by atoms with Crippen LogP contribution < -0.4 is 19.5 Å². The molecule has 0 bridgehead atoms. The Balaban J connectivity index is 1.92. The number of para-hydroxylation sites is 1. The highest BCUT2D eigenvalue weighted by Gasteiger charge is 2.24. The van der Waals surface area contributed by atoms with Gasteiger partial charge < -0.3 is 18.9 Å². The molecule has 0 atom stereocenters. The maximum absolute atomic E-state index is 12.3. The van der Waals surface area contributed by atoms with E-state index < -0.39 is 11.7 Å². The van der Waals surface area contributed by atoms with Crippen molar-refractivity contribution in [2.75, 3.05) is 26.1 Å². The van der Waals surface area contributed by atoms with Gasteiger partial charge in [0.15, 0.2) is 22.9 Å². The summed E-state index contributed by atoms with van der Waals surface area (Å²) in [6.07, 6.45) is 0.786. The summed E-state index contributed by atoms with van der Waals surface area (Å²) in [5.41, 5.74) is 1.12. The maximum Gasteiger partial charge on any atom is 0.413 e. The molecule has 0 unspecified atom stereocenters. The molecule has 1 aromatic carbocycles. The quantitative estimate of drug-likeness (QED) is 0.393. The molecule has 0 spiro atoms. The van der Waals surface area contributed by atoms with Crippen LogP contribution in [0, 0.1) is 0 Å². The summed E-state index contributed by atoms with van der Waals surface area (Å²) in [6, 6.07) is 10.8.